The minimum atomic E-state index is -1.61. The van der Waals surface area contributed by atoms with E-state index in [1.165, 1.54) is 180 Å². The third-order valence-corrected chi connectivity index (χ3v) is 15.5. The SMILES string of the molecule is CCCCC/C=C\C/C=C\CCCCCCCCCCCCCCC(O)C(=O)NC(COC1OC(CO)C(O)C(O)C1OC(=O)CCCCCCCCC/C=C\CCCCCC)C(O)/C=C/CCCCCCCCCCCC. The molecule has 1 fully saturated rings. The second-order valence-corrected chi connectivity index (χ2v) is 22.8. The number of esters is 1. The summed E-state index contributed by atoms with van der Waals surface area (Å²) in [6.45, 7) is 5.77. The Morgan fingerprint density at radius 3 is 1.36 bits per heavy atom. The first-order valence-corrected chi connectivity index (χ1v) is 32.9. The van der Waals surface area contributed by atoms with E-state index < -0.39 is 67.4 Å². The highest BCUT2D eigenvalue weighted by atomic mass is 16.7. The predicted octanol–water partition coefficient (Wildman–Crippen LogP) is 16.0. The fourth-order valence-electron chi connectivity index (χ4n) is 10.2. The van der Waals surface area contributed by atoms with Gasteiger partial charge in [-0.3, -0.25) is 9.59 Å². The van der Waals surface area contributed by atoms with Gasteiger partial charge < -0.3 is 45.1 Å². The third-order valence-electron chi connectivity index (χ3n) is 15.5. The van der Waals surface area contributed by atoms with Crippen molar-refractivity contribution >= 4 is 11.9 Å². The average Bonchev–Trinajstić information content (AvgIpc) is 3.44. The Morgan fingerprint density at radius 2 is 0.885 bits per heavy atom. The van der Waals surface area contributed by atoms with E-state index in [0.717, 1.165) is 77.0 Å². The Bertz CT molecular complexity index is 1450. The lowest BCUT2D eigenvalue weighted by molar-refractivity contribution is -0.305. The van der Waals surface area contributed by atoms with Gasteiger partial charge in [-0.15, -0.1) is 0 Å². The standard InChI is InChI=1S/C67H123NO10/c1-4-7-10-13-16-19-22-25-27-28-29-30-31-32-33-35-36-39-42-45-48-51-54-60(71)66(75)68-58(59(70)53-50-47-44-41-38-24-21-18-15-12-9-6-3)57-76-67-65(64(74)63(73)61(56-69)77-67)78-62(72)55-52-49-46-43-40-37-34-26-23-20-17-14-11-8-5-2/h16,19-20,23,25,27,50,53,58-61,63-65,67,69-71,73-74H,4-15,17-18,21-22,24,26,28-49,51-52,54-57H2,1-3H3,(H,68,75)/b19-16-,23-20-,27-25-,53-50+. The number of aliphatic hydroxyl groups excluding tert-OH is 5. The maximum absolute atomic E-state index is 13.5. The van der Waals surface area contributed by atoms with Crippen molar-refractivity contribution in [1.82, 2.24) is 5.32 Å². The summed E-state index contributed by atoms with van der Waals surface area (Å²) in [5, 5.41) is 57.1. The van der Waals surface area contributed by atoms with Crippen molar-refractivity contribution in [3.8, 4) is 0 Å². The van der Waals surface area contributed by atoms with Crippen molar-refractivity contribution < 1.29 is 49.3 Å². The Morgan fingerprint density at radius 1 is 0.500 bits per heavy atom. The van der Waals surface area contributed by atoms with Gasteiger partial charge in [0.15, 0.2) is 12.4 Å². The Balaban J connectivity index is 2.62. The second-order valence-electron chi connectivity index (χ2n) is 22.8. The van der Waals surface area contributed by atoms with Crippen molar-refractivity contribution in [3.05, 3.63) is 48.6 Å². The van der Waals surface area contributed by atoms with E-state index in [1.807, 2.05) is 6.08 Å². The fraction of sp³-hybridized carbons (Fsp3) is 0.851. The van der Waals surface area contributed by atoms with Crippen LogP contribution in [0.3, 0.4) is 0 Å². The van der Waals surface area contributed by atoms with Crippen molar-refractivity contribution in [2.45, 2.75) is 352 Å². The van der Waals surface area contributed by atoms with E-state index in [4.69, 9.17) is 14.2 Å². The molecule has 456 valence electrons. The van der Waals surface area contributed by atoms with E-state index in [9.17, 15) is 35.1 Å². The molecular weight excluding hydrogens is 979 g/mol. The van der Waals surface area contributed by atoms with Crippen LogP contribution in [0.15, 0.2) is 48.6 Å². The van der Waals surface area contributed by atoms with Crippen LogP contribution < -0.4 is 5.32 Å². The molecule has 0 radical (unpaired) electrons. The smallest absolute Gasteiger partial charge is 0.306 e. The van der Waals surface area contributed by atoms with E-state index in [1.54, 1.807) is 6.08 Å². The Labute approximate surface area is 478 Å². The normalized spacial score (nSPS) is 19.2. The summed E-state index contributed by atoms with van der Waals surface area (Å²) in [5.41, 5.74) is 0. The van der Waals surface area contributed by atoms with Gasteiger partial charge in [-0.2, -0.15) is 0 Å². The quantitative estimate of drug-likeness (QED) is 0.0195. The lowest BCUT2D eigenvalue weighted by Gasteiger charge is -2.41. The Kier molecular flexibility index (Phi) is 52.1. The van der Waals surface area contributed by atoms with Crippen LogP contribution in [-0.2, 0) is 23.8 Å². The third kappa shape index (κ3) is 42.5. The zero-order valence-corrected chi connectivity index (χ0v) is 50.5. The van der Waals surface area contributed by atoms with Gasteiger partial charge in [-0.1, -0.05) is 262 Å². The van der Waals surface area contributed by atoms with Crippen LogP contribution in [0.4, 0.5) is 0 Å². The maximum atomic E-state index is 13.5. The molecule has 78 heavy (non-hydrogen) atoms. The number of carbonyl (C=O) groups excluding carboxylic acids is 2. The molecule has 1 saturated heterocycles. The van der Waals surface area contributed by atoms with E-state index in [-0.39, 0.29) is 13.0 Å². The number of aliphatic hydroxyl groups is 5. The maximum Gasteiger partial charge on any atom is 0.306 e. The van der Waals surface area contributed by atoms with Crippen LogP contribution >= 0.6 is 0 Å². The summed E-state index contributed by atoms with van der Waals surface area (Å²) in [7, 11) is 0. The van der Waals surface area contributed by atoms with Crippen molar-refractivity contribution in [2.24, 2.45) is 0 Å². The molecule has 8 unspecified atom stereocenters. The summed E-state index contributed by atoms with van der Waals surface area (Å²) in [6.07, 6.45) is 57.2. The molecular formula is C67H123NO10. The molecule has 0 spiro atoms. The van der Waals surface area contributed by atoms with Crippen LogP contribution in [-0.4, -0.2) is 99.6 Å². The first kappa shape index (κ1) is 73.6. The summed E-state index contributed by atoms with van der Waals surface area (Å²) >= 11 is 0. The number of rotatable bonds is 56. The van der Waals surface area contributed by atoms with Gasteiger partial charge in [0.1, 0.15) is 24.4 Å². The van der Waals surface area contributed by atoms with Gasteiger partial charge >= 0.3 is 5.97 Å². The van der Waals surface area contributed by atoms with Gasteiger partial charge in [0.2, 0.25) is 5.91 Å². The molecule has 6 N–H and O–H groups in total. The number of carbonyl (C=O) groups is 2. The topological polar surface area (TPSA) is 175 Å². The van der Waals surface area contributed by atoms with Gasteiger partial charge in [0, 0.05) is 6.42 Å². The van der Waals surface area contributed by atoms with Crippen LogP contribution in [0.25, 0.3) is 0 Å². The summed E-state index contributed by atoms with van der Waals surface area (Å²) in [5.74, 6) is -1.19. The zero-order chi connectivity index (χ0) is 56.8. The van der Waals surface area contributed by atoms with Crippen LogP contribution in [0.2, 0.25) is 0 Å². The van der Waals surface area contributed by atoms with Crippen LogP contribution in [0.1, 0.15) is 303 Å². The minimum absolute atomic E-state index is 0.120. The molecule has 0 aromatic rings. The van der Waals surface area contributed by atoms with Crippen LogP contribution in [0.5, 0.6) is 0 Å². The van der Waals surface area contributed by atoms with Crippen molar-refractivity contribution in [1.29, 1.82) is 0 Å². The highest BCUT2D eigenvalue weighted by molar-refractivity contribution is 5.80. The van der Waals surface area contributed by atoms with E-state index in [0.29, 0.717) is 19.3 Å². The summed E-state index contributed by atoms with van der Waals surface area (Å²) in [4.78, 5) is 26.6. The molecule has 0 bridgehead atoms. The lowest BCUT2D eigenvalue weighted by atomic mass is 9.99. The van der Waals surface area contributed by atoms with Gasteiger partial charge in [-0.25, -0.2) is 0 Å². The first-order valence-electron chi connectivity index (χ1n) is 32.9. The summed E-state index contributed by atoms with van der Waals surface area (Å²) in [6, 6.07) is -1.02. The number of nitrogens with one attached hydrogen (secondary N) is 1. The molecule has 0 aromatic heterocycles. The number of unbranched alkanes of at least 4 members (excludes halogenated alkanes) is 36. The number of allylic oxidation sites excluding steroid dienone is 7. The Hall–Kier alpha value is -2.38. The van der Waals surface area contributed by atoms with Crippen molar-refractivity contribution in [2.75, 3.05) is 13.2 Å². The highest BCUT2D eigenvalue weighted by Crippen LogP contribution is 2.26. The lowest BCUT2D eigenvalue weighted by Crippen LogP contribution is -2.61. The molecule has 1 rings (SSSR count). The minimum Gasteiger partial charge on any atom is -0.454 e. The zero-order valence-electron chi connectivity index (χ0n) is 50.5. The molecule has 1 heterocycles. The summed E-state index contributed by atoms with van der Waals surface area (Å²) < 4.78 is 17.6. The van der Waals surface area contributed by atoms with Crippen LogP contribution in [0, 0.1) is 0 Å². The fourth-order valence-corrected chi connectivity index (χ4v) is 10.2. The van der Waals surface area contributed by atoms with Gasteiger partial charge in [-0.05, 0) is 83.5 Å². The second kappa shape index (κ2) is 55.2. The van der Waals surface area contributed by atoms with Crippen molar-refractivity contribution in [3.63, 3.8) is 0 Å². The first-order chi connectivity index (χ1) is 38.2. The van der Waals surface area contributed by atoms with Gasteiger partial charge in [0.25, 0.3) is 0 Å². The average molecular weight is 1100 g/mol. The molecule has 1 amide bonds. The van der Waals surface area contributed by atoms with E-state index >= 15 is 0 Å². The largest absolute Gasteiger partial charge is 0.454 e. The monoisotopic (exact) mass is 1100 g/mol. The number of hydrogen-bond acceptors (Lipinski definition) is 10. The highest BCUT2D eigenvalue weighted by Gasteiger charge is 2.47. The molecule has 1 aliphatic heterocycles. The predicted molar refractivity (Wildman–Crippen MR) is 324 cm³/mol. The molecule has 0 saturated carbocycles. The number of amides is 1. The molecule has 11 heteroatoms. The van der Waals surface area contributed by atoms with E-state index in [2.05, 4.69) is 62.5 Å². The molecule has 1 aliphatic rings. The molecule has 11 nitrogen and oxygen atoms in total. The molecule has 0 aromatic carbocycles. The molecule has 8 atom stereocenters. The van der Waals surface area contributed by atoms with Gasteiger partial charge in [0.05, 0.1) is 25.4 Å². The number of hydrogen-bond donors (Lipinski definition) is 6. The number of ether oxygens (including phenoxy) is 3. The molecule has 0 aliphatic carbocycles.